The van der Waals surface area contributed by atoms with Crippen LogP contribution in [0.25, 0.3) is 0 Å². The lowest BCUT2D eigenvalue weighted by Crippen LogP contribution is -2.42. The van der Waals surface area contributed by atoms with Gasteiger partial charge in [-0.25, -0.2) is 5.01 Å². The van der Waals surface area contributed by atoms with E-state index in [-0.39, 0.29) is 43.3 Å². The molecule has 2 heterocycles. The van der Waals surface area contributed by atoms with Gasteiger partial charge in [0.1, 0.15) is 18.0 Å². The molecule has 1 aromatic heterocycles. The summed E-state index contributed by atoms with van der Waals surface area (Å²) in [7, 11) is 4.72. The molecule has 9 nitrogen and oxygen atoms in total. The Morgan fingerprint density at radius 1 is 1.08 bits per heavy atom. The van der Waals surface area contributed by atoms with E-state index in [0.717, 1.165) is 16.7 Å². The maximum absolute atomic E-state index is 13.7. The van der Waals surface area contributed by atoms with Crippen LogP contribution in [0.4, 0.5) is 0 Å². The van der Waals surface area contributed by atoms with Crippen LogP contribution < -0.4 is 9.47 Å². The monoisotopic (exact) mass is 505 g/mol. The Hall–Kier alpha value is -4.11. The fourth-order valence-corrected chi connectivity index (χ4v) is 4.23. The Balaban J connectivity index is 1.66. The van der Waals surface area contributed by atoms with Crippen LogP contribution in [0, 0.1) is 6.92 Å². The molecule has 0 N–H and O–H groups in total. The first kappa shape index (κ1) is 26.0. The standard InChI is InChI=1S/C28H31N3O6/c1-19-7-9-20(10-8-19)24-17-23(22-12-11-21(35-3)16-26(22)36-4)29-31(24)27(32)18-30(13-15-34-2)28(33)25-6-5-14-37-25/h5-12,14,16,24H,13,15,17-18H2,1-4H3/t24-/m1/s1. The van der Waals surface area contributed by atoms with Crippen LogP contribution in [-0.4, -0.2) is 68.5 Å². The number of rotatable bonds is 10. The fourth-order valence-electron chi connectivity index (χ4n) is 4.23. The number of ether oxygens (including phenoxy) is 3. The third-order valence-corrected chi connectivity index (χ3v) is 6.26. The molecule has 0 unspecified atom stereocenters. The van der Waals surface area contributed by atoms with Crippen LogP contribution in [0.3, 0.4) is 0 Å². The Labute approximate surface area is 216 Å². The van der Waals surface area contributed by atoms with Crippen molar-refractivity contribution in [2.75, 3.05) is 41.0 Å². The molecule has 0 radical (unpaired) electrons. The van der Waals surface area contributed by atoms with Crippen molar-refractivity contribution in [2.24, 2.45) is 5.10 Å². The Morgan fingerprint density at radius 3 is 2.51 bits per heavy atom. The number of nitrogens with zero attached hydrogens (tertiary/aromatic N) is 3. The minimum Gasteiger partial charge on any atom is -0.497 e. The summed E-state index contributed by atoms with van der Waals surface area (Å²) >= 11 is 0. The SMILES string of the molecule is COCCN(CC(=O)N1N=C(c2ccc(OC)cc2OC)C[C@@H]1c1ccc(C)cc1)C(=O)c1ccco1. The first-order chi connectivity index (χ1) is 17.9. The number of furan rings is 1. The average molecular weight is 506 g/mol. The zero-order valence-electron chi connectivity index (χ0n) is 21.5. The van der Waals surface area contributed by atoms with Crippen LogP contribution in [-0.2, 0) is 9.53 Å². The first-order valence-corrected chi connectivity index (χ1v) is 11.9. The molecule has 1 aliphatic heterocycles. The lowest BCUT2D eigenvalue weighted by molar-refractivity contribution is -0.133. The van der Waals surface area contributed by atoms with Gasteiger partial charge >= 0.3 is 0 Å². The second kappa shape index (κ2) is 11.7. The van der Waals surface area contributed by atoms with Crippen LogP contribution in [0.2, 0.25) is 0 Å². The highest BCUT2D eigenvalue weighted by molar-refractivity contribution is 6.05. The molecule has 194 valence electrons. The number of methoxy groups -OCH3 is 3. The van der Waals surface area contributed by atoms with Crippen LogP contribution in [0.5, 0.6) is 11.5 Å². The summed E-state index contributed by atoms with van der Waals surface area (Å²) in [5.41, 5.74) is 3.55. The van der Waals surface area contributed by atoms with Gasteiger partial charge < -0.3 is 23.5 Å². The Morgan fingerprint density at radius 2 is 1.86 bits per heavy atom. The number of hydrogen-bond donors (Lipinski definition) is 0. The minimum atomic E-state index is -0.387. The summed E-state index contributed by atoms with van der Waals surface area (Å²) in [5.74, 6) is 0.719. The molecular weight excluding hydrogens is 474 g/mol. The molecule has 0 spiro atoms. The average Bonchev–Trinajstić information content (AvgIpc) is 3.61. The number of benzene rings is 2. The van der Waals surface area contributed by atoms with E-state index in [2.05, 4.69) is 0 Å². The summed E-state index contributed by atoms with van der Waals surface area (Å²) in [5, 5.41) is 6.22. The molecule has 4 rings (SSSR count). The number of aryl methyl sites for hydroxylation is 1. The van der Waals surface area contributed by atoms with E-state index in [4.69, 9.17) is 23.7 Å². The summed E-state index contributed by atoms with van der Waals surface area (Å²) in [6, 6.07) is 16.4. The predicted molar refractivity (Wildman–Crippen MR) is 138 cm³/mol. The zero-order chi connectivity index (χ0) is 26.4. The Kier molecular flexibility index (Phi) is 8.25. The van der Waals surface area contributed by atoms with Gasteiger partial charge in [0.25, 0.3) is 11.8 Å². The van der Waals surface area contributed by atoms with Crippen molar-refractivity contribution in [3.05, 3.63) is 83.3 Å². The van der Waals surface area contributed by atoms with E-state index in [1.807, 2.05) is 43.3 Å². The Bertz CT molecular complexity index is 1250. The van der Waals surface area contributed by atoms with Gasteiger partial charge in [0.2, 0.25) is 0 Å². The van der Waals surface area contributed by atoms with E-state index in [9.17, 15) is 9.59 Å². The molecule has 37 heavy (non-hydrogen) atoms. The van der Waals surface area contributed by atoms with Crippen molar-refractivity contribution in [3.63, 3.8) is 0 Å². The van der Waals surface area contributed by atoms with Gasteiger partial charge in [0, 0.05) is 31.7 Å². The maximum atomic E-state index is 13.7. The van der Waals surface area contributed by atoms with Crippen LogP contribution >= 0.6 is 0 Å². The van der Waals surface area contributed by atoms with E-state index >= 15 is 0 Å². The van der Waals surface area contributed by atoms with E-state index in [0.29, 0.717) is 23.6 Å². The van der Waals surface area contributed by atoms with Crippen molar-refractivity contribution in [1.82, 2.24) is 9.91 Å². The number of hydrazone groups is 1. The molecule has 1 aliphatic rings. The molecule has 2 amide bonds. The van der Waals surface area contributed by atoms with E-state index in [1.54, 1.807) is 39.5 Å². The van der Waals surface area contributed by atoms with Crippen molar-refractivity contribution in [1.29, 1.82) is 0 Å². The van der Waals surface area contributed by atoms with E-state index < -0.39 is 0 Å². The third kappa shape index (κ3) is 5.83. The molecule has 2 aromatic carbocycles. The molecule has 0 saturated heterocycles. The highest BCUT2D eigenvalue weighted by atomic mass is 16.5. The normalized spacial score (nSPS) is 14.9. The molecule has 3 aromatic rings. The molecule has 1 atom stereocenters. The second-order valence-corrected chi connectivity index (χ2v) is 8.68. The molecular formula is C28H31N3O6. The number of hydrogen-bond acceptors (Lipinski definition) is 7. The lowest BCUT2D eigenvalue weighted by atomic mass is 9.97. The number of carbonyl (C=O) groups is 2. The van der Waals surface area contributed by atoms with Crippen molar-refractivity contribution in [3.8, 4) is 11.5 Å². The van der Waals surface area contributed by atoms with Crippen molar-refractivity contribution in [2.45, 2.75) is 19.4 Å². The van der Waals surface area contributed by atoms with Gasteiger partial charge in [-0.05, 0) is 36.8 Å². The summed E-state index contributed by atoms with van der Waals surface area (Å²) in [6.45, 7) is 2.34. The minimum absolute atomic E-state index is 0.160. The van der Waals surface area contributed by atoms with Crippen molar-refractivity contribution < 1.29 is 28.2 Å². The molecule has 9 heteroatoms. The van der Waals surface area contributed by atoms with Gasteiger partial charge in [0.05, 0.1) is 38.8 Å². The molecule has 0 saturated carbocycles. The summed E-state index contributed by atoms with van der Waals surface area (Å²) in [6.07, 6.45) is 1.91. The lowest BCUT2D eigenvalue weighted by Gasteiger charge is -2.26. The van der Waals surface area contributed by atoms with Crippen molar-refractivity contribution >= 4 is 17.5 Å². The molecule has 0 aliphatic carbocycles. The smallest absolute Gasteiger partial charge is 0.290 e. The quantitative estimate of drug-likeness (QED) is 0.412. The predicted octanol–water partition coefficient (Wildman–Crippen LogP) is 4.07. The summed E-state index contributed by atoms with van der Waals surface area (Å²) < 4.78 is 21.4. The largest absolute Gasteiger partial charge is 0.497 e. The van der Waals surface area contributed by atoms with Gasteiger partial charge in [-0.2, -0.15) is 5.10 Å². The van der Waals surface area contributed by atoms with Gasteiger partial charge in [0.15, 0.2) is 5.76 Å². The topological polar surface area (TPSA) is 93.8 Å². The summed E-state index contributed by atoms with van der Waals surface area (Å²) in [4.78, 5) is 28.1. The van der Waals surface area contributed by atoms with E-state index in [1.165, 1.54) is 16.2 Å². The third-order valence-electron chi connectivity index (χ3n) is 6.26. The van der Waals surface area contributed by atoms with Gasteiger partial charge in [-0.15, -0.1) is 0 Å². The highest BCUT2D eigenvalue weighted by Gasteiger charge is 2.35. The maximum Gasteiger partial charge on any atom is 0.290 e. The first-order valence-electron chi connectivity index (χ1n) is 11.9. The van der Waals surface area contributed by atoms with Gasteiger partial charge in [-0.3, -0.25) is 9.59 Å². The van der Waals surface area contributed by atoms with Crippen LogP contribution in [0.1, 0.15) is 39.7 Å². The van der Waals surface area contributed by atoms with Crippen LogP contribution in [0.15, 0.2) is 70.4 Å². The second-order valence-electron chi connectivity index (χ2n) is 8.68. The van der Waals surface area contributed by atoms with Gasteiger partial charge in [-0.1, -0.05) is 29.8 Å². The molecule has 0 fully saturated rings. The zero-order valence-corrected chi connectivity index (χ0v) is 21.5. The fraction of sp³-hybridized carbons (Fsp3) is 0.321. The highest BCUT2D eigenvalue weighted by Crippen LogP contribution is 2.36. The number of carbonyl (C=O) groups excluding carboxylic acids is 2. The number of amides is 2. The molecule has 0 bridgehead atoms.